The van der Waals surface area contributed by atoms with Crippen LogP contribution in [-0.2, 0) is 4.79 Å². The highest BCUT2D eigenvalue weighted by Crippen LogP contribution is 2.41. The Labute approximate surface area is 197 Å². The number of piperidine rings is 1. The first-order valence-electron chi connectivity index (χ1n) is 11.1. The molecule has 4 rings (SSSR count). The predicted molar refractivity (Wildman–Crippen MR) is 127 cm³/mol. The van der Waals surface area contributed by atoms with Gasteiger partial charge in [-0.3, -0.25) is 14.4 Å². The number of pyridine rings is 1. The van der Waals surface area contributed by atoms with Gasteiger partial charge < -0.3 is 9.80 Å². The van der Waals surface area contributed by atoms with E-state index in [2.05, 4.69) is 4.98 Å². The van der Waals surface area contributed by atoms with Gasteiger partial charge >= 0.3 is 0 Å². The van der Waals surface area contributed by atoms with Crippen LogP contribution in [0.4, 0.5) is 0 Å². The third-order valence-electron chi connectivity index (χ3n) is 6.69. The normalized spacial score (nSPS) is 17.7. The summed E-state index contributed by atoms with van der Waals surface area (Å²) in [7, 11) is 0. The van der Waals surface area contributed by atoms with E-state index in [9.17, 15) is 14.4 Å². The fourth-order valence-corrected chi connectivity index (χ4v) is 5.98. The molecule has 0 aromatic carbocycles. The highest BCUT2D eigenvalue weighted by molar-refractivity contribution is 7.98. The Morgan fingerprint density at radius 1 is 1.06 bits per heavy atom. The Bertz CT molecular complexity index is 969. The minimum Gasteiger partial charge on any atom is -0.342 e. The first-order valence-corrected chi connectivity index (χ1v) is 13.2. The molecule has 2 aromatic heterocycles. The highest BCUT2D eigenvalue weighted by Gasteiger charge is 2.42. The number of thioether (sulfide) groups is 1. The second-order valence-electron chi connectivity index (χ2n) is 8.67. The summed E-state index contributed by atoms with van der Waals surface area (Å²) in [5.74, 6) is 0.332. The lowest BCUT2D eigenvalue weighted by Gasteiger charge is -2.39. The van der Waals surface area contributed by atoms with Crippen LogP contribution in [0.2, 0.25) is 0 Å². The third-order valence-corrected chi connectivity index (χ3v) is 8.31. The van der Waals surface area contributed by atoms with Crippen LogP contribution in [0, 0.1) is 5.41 Å². The molecule has 2 aliphatic heterocycles. The summed E-state index contributed by atoms with van der Waals surface area (Å²) in [5, 5.41) is 2.67. The van der Waals surface area contributed by atoms with Crippen molar-refractivity contribution in [1.82, 2.24) is 14.8 Å². The van der Waals surface area contributed by atoms with E-state index < -0.39 is 0 Å². The van der Waals surface area contributed by atoms with E-state index in [-0.39, 0.29) is 23.0 Å². The average molecular weight is 472 g/mol. The maximum absolute atomic E-state index is 13.0. The predicted octanol–water partition coefficient (Wildman–Crippen LogP) is 4.37. The van der Waals surface area contributed by atoms with Crippen LogP contribution in [0.25, 0.3) is 0 Å². The second-order valence-corrected chi connectivity index (χ2v) is 10.4. The van der Waals surface area contributed by atoms with Crippen molar-refractivity contribution >= 4 is 40.7 Å². The van der Waals surface area contributed by atoms with E-state index in [0.29, 0.717) is 24.8 Å². The van der Waals surface area contributed by atoms with Gasteiger partial charge in [0.05, 0.1) is 10.4 Å². The molecule has 2 saturated heterocycles. The summed E-state index contributed by atoms with van der Waals surface area (Å²) in [6.07, 6.45) is 7.96. The molecule has 32 heavy (non-hydrogen) atoms. The maximum Gasteiger partial charge on any atom is 0.256 e. The molecule has 0 radical (unpaired) electrons. The van der Waals surface area contributed by atoms with Gasteiger partial charge in [0, 0.05) is 45.2 Å². The van der Waals surface area contributed by atoms with Gasteiger partial charge in [0.25, 0.3) is 5.91 Å². The Kier molecular flexibility index (Phi) is 7.30. The van der Waals surface area contributed by atoms with Crippen LogP contribution in [0.1, 0.15) is 58.6 Å². The summed E-state index contributed by atoms with van der Waals surface area (Å²) in [6.45, 7) is 3.00. The van der Waals surface area contributed by atoms with E-state index in [1.165, 1.54) is 23.1 Å². The number of hydrogen-bond acceptors (Lipinski definition) is 6. The molecular formula is C24H29N3O3S2. The van der Waals surface area contributed by atoms with Crippen molar-refractivity contribution in [3.05, 3.63) is 46.3 Å². The van der Waals surface area contributed by atoms with Crippen molar-refractivity contribution in [2.24, 2.45) is 5.41 Å². The number of aromatic nitrogens is 1. The molecule has 0 saturated carbocycles. The van der Waals surface area contributed by atoms with Crippen LogP contribution in [0.5, 0.6) is 0 Å². The van der Waals surface area contributed by atoms with Crippen molar-refractivity contribution < 1.29 is 14.4 Å². The molecule has 2 aromatic rings. The van der Waals surface area contributed by atoms with Gasteiger partial charge in [-0.05, 0) is 60.9 Å². The molecule has 2 aliphatic rings. The smallest absolute Gasteiger partial charge is 0.256 e. The van der Waals surface area contributed by atoms with E-state index in [0.717, 1.165) is 55.3 Å². The molecule has 1 spiro atoms. The zero-order valence-corrected chi connectivity index (χ0v) is 20.1. The number of nitrogens with zero attached hydrogens (tertiary/aromatic N) is 3. The van der Waals surface area contributed by atoms with Crippen LogP contribution in [-0.4, -0.2) is 64.8 Å². The molecule has 0 aliphatic carbocycles. The van der Waals surface area contributed by atoms with Crippen molar-refractivity contribution in [3.63, 3.8) is 0 Å². The fraction of sp³-hybridized carbons (Fsp3) is 0.500. The Balaban J connectivity index is 1.25. The summed E-state index contributed by atoms with van der Waals surface area (Å²) in [6, 6.07) is 7.38. The largest absolute Gasteiger partial charge is 0.342 e. The number of thiophene rings is 1. The zero-order chi connectivity index (χ0) is 22.6. The van der Waals surface area contributed by atoms with Crippen LogP contribution in [0.15, 0.2) is 40.9 Å². The summed E-state index contributed by atoms with van der Waals surface area (Å²) < 4.78 is 0. The van der Waals surface area contributed by atoms with Crippen LogP contribution < -0.4 is 0 Å². The number of amides is 2. The number of carbonyl (C=O) groups excluding carboxylic acids is 3. The van der Waals surface area contributed by atoms with Gasteiger partial charge in [0.2, 0.25) is 5.91 Å². The lowest BCUT2D eigenvalue weighted by Crippen LogP contribution is -2.44. The van der Waals surface area contributed by atoms with Gasteiger partial charge in [-0.2, -0.15) is 0 Å². The van der Waals surface area contributed by atoms with Gasteiger partial charge in [-0.25, -0.2) is 4.98 Å². The second kappa shape index (κ2) is 10.2. The highest BCUT2D eigenvalue weighted by atomic mass is 32.2. The molecule has 0 atom stereocenters. The van der Waals surface area contributed by atoms with Gasteiger partial charge in [-0.1, -0.05) is 6.07 Å². The quantitative estimate of drug-likeness (QED) is 0.443. The van der Waals surface area contributed by atoms with Gasteiger partial charge in [0.1, 0.15) is 5.03 Å². The van der Waals surface area contributed by atoms with E-state index in [1.54, 1.807) is 6.20 Å². The first kappa shape index (κ1) is 23.0. The molecule has 0 N–H and O–H groups in total. The molecular weight excluding hydrogens is 442 g/mol. The monoisotopic (exact) mass is 471 g/mol. The Morgan fingerprint density at radius 2 is 1.81 bits per heavy atom. The van der Waals surface area contributed by atoms with E-state index >= 15 is 0 Å². The summed E-state index contributed by atoms with van der Waals surface area (Å²) in [5.41, 5.74) is 0.799. The van der Waals surface area contributed by atoms with Gasteiger partial charge in [-0.15, -0.1) is 23.1 Å². The number of Topliss-reactive ketones (excluding diaryl/α,β-unsaturated/α-hetero) is 1. The molecule has 0 unspecified atom stereocenters. The Hall–Kier alpha value is -2.19. The lowest BCUT2D eigenvalue weighted by atomic mass is 9.77. The molecule has 170 valence electrons. The number of hydrogen-bond donors (Lipinski definition) is 0. The topological polar surface area (TPSA) is 70.6 Å². The zero-order valence-electron chi connectivity index (χ0n) is 18.4. The minimum atomic E-state index is 0.0543. The fourth-order valence-electron chi connectivity index (χ4n) is 4.75. The van der Waals surface area contributed by atoms with Crippen molar-refractivity contribution in [2.45, 2.75) is 43.6 Å². The van der Waals surface area contributed by atoms with E-state index in [4.69, 9.17) is 0 Å². The average Bonchev–Trinajstić information content (AvgIpc) is 3.50. The molecule has 0 bridgehead atoms. The van der Waals surface area contributed by atoms with Crippen LogP contribution >= 0.6 is 23.1 Å². The molecule has 8 heteroatoms. The van der Waals surface area contributed by atoms with Crippen LogP contribution in [0.3, 0.4) is 0 Å². The molecule has 2 amide bonds. The molecule has 6 nitrogen and oxygen atoms in total. The Morgan fingerprint density at radius 3 is 2.50 bits per heavy atom. The minimum absolute atomic E-state index is 0.0543. The molecule has 4 heterocycles. The number of likely N-dealkylation sites (tertiary alicyclic amines) is 2. The number of carbonyl (C=O) groups is 3. The standard InChI is InChI=1S/C24H29N3O3S2/c1-31-22-18(5-3-12-25-22)23(30)26-13-9-24(10-14-26)11-15-27(17-24)21(29)8-2-6-19(28)20-7-4-16-32-20/h3-5,7,12,16H,2,6,8-11,13-15,17H2,1H3. The number of rotatable bonds is 7. The van der Waals surface area contributed by atoms with Gasteiger partial charge in [0.15, 0.2) is 5.78 Å². The maximum atomic E-state index is 13.0. The summed E-state index contributed by atoms with van der Waals surface area (Å²) >= 11 is 2.95. The van der Waals surface area contributed by atoms with Crippen molar-refractivity contribution in [2.75, 3.05) is 32.4 Å². The summed E-state index contributed by atoms with van der Waals surface area (Å²) in [4.78, 5) is 46.8. The lowest BCUT2D eigenvalue weighted by molar-refractivity contribution is -0.130. The van der Waals surface area contributed by atoms with Crippen molar-refractivity contribution in [1.29, 1.82) is 0 Å². The van der Waals surface area contributed by atoms with Crippen molar-refractivity contribution in [3.8, 4) is 0 Å². The third kappa shape index (κ3) is 5.07. The number of ketones is 1. The SMILES string of the molecule is CSc1ncccc1C(=O)N1CCC2(CCN(C(=O)CCCC(=O)c3cccs3)C2)CC1. The van der Waals surface area contributed by atoms with E-state index in [1.807, 2.05) is 45.7 Å². The molecule has 2 fully saturated rings. The first-order chi connectivity index (χ1) is 15.5.